The Labute approximate surface area is 191 Å². The van der Waals surface area contributed by atoms with Gasteiger partial charge in [-0.1, -0.05) is 62.9 Å². The Morgan fingerprint density at radius 1 is 0.788 bits per heavy atom. The van der Waals surface area contributed by atoms with Crippen molar-refractivity contribution in [3.8, 4) is 16.9 Å². The van der Waals surface area contributed by atoms with E-state index >= 15 is 0 Å². The lowest BCUT2D eigenvalue weighted by atomic mass is 9.77. The second-order valence-corrected chi connectivity index (χ2v) is 8.90. The van der Waals surface area contributed by atoms with E-state index in [1.54, 1.807) is 12.1 Å². The molecule has 0 saturated heterocycles. The van der Waals surface area contributed by atoms with Gasteiger partial charge in [0.1, 0.15) is 11.3 Å². The molecular weight excluding hydrogens is 442 g/mol. The van der Waals surface area contributed by atoms with Gasteiger partial charge in [-0.05, 0) is 60.3 Å². The summed E-state index contributed by atoms with van der Waals surface area (Å²) in [6.07, 6.45) is -1.09. The minimum atomic E-state index is -5.21. The molecule has 33 heavy (non-hydrogen) atoms. The Bertz CT molecular complexity index is 906. The highest BCUT2D eigenvalue weighted by Gasteiger charge is 2.47. The zero-order valence-electron chi connectivity index (χ0n) is 19.0. The Hall–Kier alpha value is -2.18. The third-order valence-corrected chi connectivity index (χ3v) is 6.71. The first-order valence-electron chi connectivity index (χ1n) is 11.5. The van der Waals surface area contributed by atoms with Gasteiger partial charge in [0.15, 0.2) is 0 Å². The van der Waals surface area contributed by atoms with Gasteiger partial charge < -0.3 is 4.74 Å². The normalized spacial score (nSPS) is 19.5. The van der Waals surface area contributed by atoms with Crippen LogP contribution in [0.2, 0.25) is 0 Å². The molecule has 2 aromatic rings. The number of benzene rings is 2. The molecule has 1 fully saturated rings. The van der Waals surface area contributed by atoms with E-state index in [9.17, 15) is 26.3 Å². The molecule has 0 atom stereocenters. The number of hydrogen-bond acceptors (Lipinski definition) is 1. The van der Waals surface area contributed by atoms with Crippen molar-refractivity contribution < 1.29 is 31.1 Å². The zero-order chi connectivity index (χ0) is 24.2. The number of halogens is 6. The van der Waals surface area contributed by atoms with Crippen molar-refractivity contribution >= 4 is 0 Å². The summed E-state index contributed by atoms with van der Waals surface area (Å²) in [6, 6.07) is 8.51. The summed E-state index contributed by atoms with van der Waals surface area (Å²) < 4.78 is 86.8. The zero-order valence-corrected chi connectivity index (χ0v) is 19.0. The molecule has 0 unspecified atom stereocenters. The fraction of sp³-hybridized carbons (Fsp3) is 0.538. The Balaban J connectivity index is 1.86. The highest BCUT2D eigenvalue weighted by atomic mass is 19.4. The van der Waals surface area contributed by atoms with Crippen LogP contribution >= 0.6 is 0 Å². The van der Waals surface area contributed by atoms with Crippen LogP contribution in [0.5, 0.6) is 5.75 Å². The predicted octanol–water partition coefficient (Wildman–Crippen LogP) is 9.25. The molecule has 0 spiro atoms. The van der Waals surface area contributed by atoms with Crippen LogP contribution in [0.25, 0.3) is 11.1 Å². The van der Waals surface area contributed by atoms with Crippen molar-refractivity contribution in [3.05, 3.63) is 53.1 Å². The van der Waals surface area contributed by atoms with E-state index in [-0.39, 0.29) is 5.56 Å². The SMILES string of the molecule is CCCCCC1CCC(c2ccc(-c3ccc(OC)c(C(F)(F)F)c3C(F)(F)F)cc2)CC1. The summed E-state index contributed by atoms with van der Waals surface area (Å²) in [5, 5.41) is 0. The van der Waals surface area contributed by atoms with E-state index in [1.807, 2.05) is 0 Å². The van der Waals surface area contributed by atoms with E-state index in [4.69, 9.17) is 0 Å². The molecule has 1 aliphatic carbocycles. The number of hydrogen-bond donors (Lipinski definition) is 0. The molecule has 182 valence electrons. The lowest BCUT2D eigenvalue weighted by Crippen LogP contribution is -2.19. The molecule has 1 aliphatic rings. The fourth-order valence-electron chi connectivity index (χ4n) is 4.97. The number of unbranched alkanes of at least 4 members (excludes halogenated alkanes) is 2. The molecule has 2 aromatic carbocycles. The minimum Gasteiger partial charge on any atom is -0.496 e. The van der Waals surface area contributed by atoms with Crippen LogP contribution in [0.3, 0.4) is 0 Å². The number of ether oxygens (including phenoxy) is 1. The predicted molar refractivity (Wildman–Crippen MR) is 117 cm³/mol. The van der Waals surface area contributed by atoms with Crippen LogP contribution in [0.4, 0.5) is 26.3 Å². The maximum Gasteiger partial charge on any atom is 0.420 e. The van der Waals surface area contributed by atoms with Gasteiger partial charge in [-0.3, -0.25) is 0 Å². The molecule has 0 aromatic heterocycles. The maximum absolute atomic E-state index is 13.8. The highest BCUT2D eigenvalue weighted by Crippen LogP contribution is 2.49. The monoisotopic (exact) mass is 472 g/mol. The third kappa shape index (κ3) is 6.04. The molecule has 0 bridgehead atoms. The topological polar surface area (TPSA) is 9.23 Å². The molecule has 0 N–H and O–H groups in total. The molecule has 3 rings (SSSR count). The summed E-state index contributed by atoms with van der Waals surface area (Å²) in [4.78, 5) is 0. The van der Waals surface area contributed by atoms with Crippen LogP contribution in [0, 0.1) is 5.92 Å². The van der Waals surface area contributed by atoms with Gasteiger partial charge in [0.25, 0.3) is 0 Å². The number of rotatable bonds is 7. The lowest BCUT2D eigenvalue weighted by Gasteiger charge is -2.29. The molecule has 1 nitrogen and oxygen atoms in total. The van der Waals surface area contributed by atoms with Gasteiger partial charge in [-0.25, -0.2) is 0 Å². The standard InChI is InChI=1S/C26H30F6O/c1-3-4-5-6-17-7-9-18(10-8-17)19-11-13-20(14-12-19)21-15-16-22(33-2)24(26(30,31)32)23(21)25(27,28)29/h11-18H,3-10H2,1-2H3. The fourth-order valence-corrected chi connectivity index (χ4v) is 4.97. The Morgan fingerprint density at radius 2 is 1.39 bits per heavy atom. The van der Waals surface area contributed by atoms with E-state index in [1.165, 1.54) is 37.8 Å². The quantitative estimate of drug-likeness (QED) is 0.288. The van der Waals surface area contributed by atoms with Crippen LogP contribution in [-0.2, 0) is 12.4 Å². The molecular formula is C26H30F6O. The molecule has 0 heterocycles. The second kappa shape index (κ2) is 10.4. The van der Waals surface area contributed by atoms with E-state index in [0.717, 1.165) is 56.4 Å². The summed E-state index contributed by atoms with van der Waals surface area (Å²) in [5.74, 6) is 0.234. The number of alkyl halides is 6. The minimum absolute atomic E-state index is 0.104. The summed E-state index contributed by atoms with van der Waals surface area (Å²) >= 11 is 0. The maximum atomic E-state index is 13.8. The smallest absolute Gasteiger partial charge is 0.420 e. The van der Waals surface area contributed by atoms with E-state index in [0.29, 0.717) is 5.92 Å². The molecule has 1 saturated carbocycles. The largest absolute Gasteiger partial charge is 0.496 e. The average molecular weight is 473 g/mol. The third-order valence-electron chi connectivity index (χ3n) is 6.71. The van der Waals surface area contributed by atoms with Gasteiger partial charge in [-0.2, -0.15) is 26.3 Å². The first kappa shape index (κ1) is 25.4. The van der Waals surface area contributed by atoms with Crippen molar-refractivity contribution in [2.45, 2.75) is 76.6 Å². The summed E-state index contributed by atoms with van der Waals surface area (Å²) in [6.45, 7) is 2.19. The average Bonchev–Trinajstić information content (AvgIpc) is 2.77. The summed E-state index contributed by atoms with van der Waals surface area (Å²) in [5.41, 5.74) is -2.87. The molecule has 0 aliphatic heterocycles. The number of methoxy groups -OCH3 is 1. The van der Waals surface area contributed by atoms with Crippen LogP contribution in [0.1, 0.15) is 80.9 Å². The van der Waals surface area contributed by atoms with E-state index < -0.39 is 34.8 Å². The van der Waals surface area contributed by atoms with Crippen molar-refractivity contribution in [2.75, 3.05) is 7.11 Å². The van der Waals surface area contributed by atoms with Gasteiger partial charge in [-0.15, -0.1) is 0 Å². The highest BCUT2D eigenvalue weighted by molar-refractivity contribution is 5.72. The van der Waals surface area contributed by atoms with Crippen molar-refractivity contribution in [1.82, 2.24) is 0 Å². The van der Waals surface area contributed by atoms with E-state index in [2.05, 4.69) is 11.7 Å². The van der Waals surface area contributed by atoms with Crippen LogP contribution < -0.4 is 4.74 Å². The Kier molecular flexibility index (Phi) is 8.01. The van der Waals surface area contributed by atoms with Crippen LogP contribution in [0.15, 0.2) is 36.4 Å². The van der Waals surface area contributed by atoms with Crippen molar-refractivity contribution in [1.29, 1.82) is 0 Å². The first-order valence-corrected chi connectivity index (χ1v) is 11.5. The molecule has 7 heteroatoms. The lowest BCUT2D eigenvalue weighted by molar-refractivity contribution is -0.162. The van der Waals surface area contributed by atoms with Gasteiger partial charge >= 0.3 is 12.4 Å². The van der Waals surface area contributed by atoms with Crippen LogP contribution in [-0.4, -0.2) is 7.11 Å². The van der Waals surface area contributed by atoms with Gasteiger partial charge in [0.05, 0.1) is 12.7 Å². The molecule has 0 radical (unpaired) electrons. The first-order chi connectivity index (χ1) is 15.6. The van der Waals surface area contributed by atoms with Crippen molar-refractivity contribution in [2.24, 2.45) is 5.92 Å². The molecule has 0 amide bonds. The Morgan fingerprint density at radius 3 is 1.91 bits per heavy atom. The second-order valence-electron chi connectivity index (χ2n) is 8.90. The van der Waals surface area contributed by atoms with Gasteiger partial charge in [0, 0.05) is 0 Å². The van der Waals surface area contributed by atoms with Crippen molar-refractivity contribution in [3.63, 3.8) is 0 Å². The summed E-state index contributed by atoms with van der Waals surface area (Å²) in [7, 11) is 0.928. The van der Waals surface area contributed by atoms with Gasteiger partial charge in [0.2, 0.25) is 0 Å².